The maximum atomic E-state index is 9.33. The van der Waals surface area contributed by atoms with Crippen LogP contribution in [-0.2, 0) is 9.27 Å². The van der Waals surface area contributed by atoms with Gasteiger partial charge in [-0.15, -0.1) is 0 Å². The van der Waals surface area contributed by atoms with Gasteiger partial charge in [-0.3, -0.25) is 0 Å². The summed E-state index contributed by atoms with van der Waals surface area (Å²) in [6, 6.07) is 0. The van der Waals surface area contributed by atoms with Gasteiger partial charge in [-0.05, 0) is 0 Å². The van der Waals surface area contributed by atoms with Crippen molar-refractivity contribution in [1.82, 2.24) is 0 Å². The normalized spacial score (nSPS) is 8.86. The second-order valence-electron chi connectivity index (χ2n) is 0.695. The Balaban J connectivity index is 0. The fourth-order valence-electron chi connectivity index (χ4n) is 0. The monoisotopic (exact) mass is 124 g/mol. The summed E-state index contributed by atoms with van der Waals surface area (Å²) >= 11 is 0. The molecule has 0 amide bonds. The molecule has 0 spiro atoms. The molecule has 4 nitrogen and oxygen atoms in total. The molecule has 0 rings (SSSR count). The molecule has 0 aromatic carbocycles. The third kappa shape index (κ3) is 10.7. The summed E-state index contributed by atoms with van der Waals surface area (Å²) < 4.78 is 18.4. The first-order valence-electron chi connectivity index (χ1n) is 1.08. The number of rotatable bonds is 1. The van der Waals surface area contributed by atoms with Crippen molar-refractivity contribution in [3.63, 3.8) is 0 Å². The van der Waals surface area contributed by atoms with Crippen LogP contribution < -0.4 is 0 Å². The molecule has 0 unspecified atom stereocenters. The number of hydrogen-bond donors (Lipinski definition) is 2. The van der Waals surface area contributed by atoms with E-state index in [9.17, 15) is 4.57 Å². The van der Waals surface area contributed by atoms with Gasteiger partial charge in [-0.1, -0.05) is 7.43 Å². The van der Waals surface area contributed by atoms with Gasteiger partial charge in [0.15, 0.2) is 0 Å². The van der Waals surface area contributed by atoms with Gasteiger partial charge < -0.3 is 0 Å². The average molecular weight is 124 g/mol. The van der Waals surface area contributed by atoms with Gasteiger partial charge in [-0.2, -0.15) is 0 Å². The molecule has 0 atom stereocenters. The Morgan fingerprint density at radius 3 is 1.57 bits per heavy atom. The quantitative estimate of drug-likeness (QED) is 0.373. The molecule has 0 aliphatic carbocycles. The molecule has 0 aliphatic heterocycles. The van der Waals surface area contributed by atoms with Crippen LogP contribution in [0.1, 0.15) is 7.43 Å². The molecular formula is CH6BO4P. The second-order valence-corrected chi connectivity index (χ2v) is 2.08. The van der Waals surface area contributed by atoms with Crippen molar-refractivity contribution in [2.45, 2.75) is 7.43 Å². The Hall–Kier alpha value is 0.0149. The molecule has 2 N–H and O–H groups in total. The van der Waals surface area contributed by atoms with Crippen molar-refractivity contribution in [2.24, 2.45) is 0 Å². The van der Waals surface area contributed by atoms with Crippen molar-refractivity contribution in [2.75, 3.05) is 0 Å². The van der Waals surface area contributed by atoms with E-state index < -0.39 is 14.3 Å². The first-order chi connectivity index (χ1) is 2.56. The third-order valence-electron chi connectivity index (χ3n) is 0.137. The first-order valence-corrected chi connectivity index (χ1v) is 2.76. The van der Waals surface area contributed by atoms with E-state index in [4.69, 9.17) is 14.5 Å². The molecule has 0 radical (unpaired) electrons. The summed E-state index contributed by atoms with van der Waals surface area (Å²) in [5.74, 6) is 0. The fraction of sp³-hybridized carbons (Fsp3) is 1.00. The van der Waals surface area contributed by atoms with E-state index in [1.165, 1.54) is 0 Å². The average Bonchev–Trinajstić information content (AvgIpc) is 1.35. The predicted molar refractivity (Wildman–Crippen MR) is 25.2 cm³/mol. The van der Waals surface area contributed by atoms with Gasteiger partial charge in [-0.25, -0.2) is 0 Å². The number of hydrogen-bond acceptors (Lipinski definition) is 2. The standard InChI is InChI=1S/CH4.BH2O4P/c;2-1-6(3,4)5/h1H4;(H2,3,4,5). The summed E-state index contributed by atoms with van der Waals surface area (Å²) in [6.45, 7) is -0.396. The summed E-state index contributed by atoms with van der Waals surface area (Å²) in [5.41, 5.74) is 0. The van der Waals surface area contributed by atoms with Crippen LogP contribution in [0.25, 0.3) is 0 Å². The van der Waals surface area contributed by atoms with E-state index in [1.807, 2.05) is 0 Å². The van der Waals surface area contributed by atoms with Crippen LogP contribution in [0.2, 0.25) is 0 Å². The van der Waals surface area contributed by atoms with E-state index in [0.29, 0.717) is 0 Å². The van der Waals surface area contributed by atoms with Crippen molar-refractivity contribution in [3.05, 3.63) is 0 Å². The Labute approximate surface area is 41.9 Å². The van der Waals surface area contributed by atoms with E-state index in [1.54, 1.807) is 0 Å². The van der Waals surface area contributed by atoms with E-state index in [0.717, 1.165) is 0 Å². The molecule has 6 heteroatoms. The molecule has 0 bridgehead atoms. The van der Waals surface area contributed by atoms with Gasteiger partial charge in [0, 0.05) is 0 Å². The van der Waals surface area contributed by atoms with Crippen LogP contribution in [-0.4, -0.2) is 16.7 Å². The zero-order valence-electron chi connectivity index (χ0n) is 2.74. The van der Waals surface area contributed by atoms with Crippen LogP contribution in [0, 0.1) is 0 Å². The van der Waals surface area contributed by atoms with E-state index in [-0.39, 0.29) is 7.43 Å². The van der Waals surface area contributed by atoms with Gasteiger partial charge in [0.05, 0.1) is 0 Å². The first kappa shape index (κ1) is 10.1. The summed E-state index contributed by atoms with van der Waals surface area (Å²) in [5, 5.41) is 0. The molecule has 42 valence electrons. The molecule has 7 heavy (non-hydrogen) atoms. The molecular weight excluding hydrogens is 118 g/mol. The molecule has 0 fully saturated rings. The van der Waals surface area contributed by atoms with Crippen molar-refractivity contribution in [3.8, 4) is 0 Å². The van der Waals surface area contributed by atoms with Gasteiger partial charge in [0.25, 0.3) is 0 Å². The van der Waals surface area contributed by atoms with Crippen LogP contribution in [0.4, 0.5) is 0 Å². The molecule has 0 aromatic heterocycles. The molecule has 0 aliphatic rings. The van der Waals surface area contributed by atoms with Crippen LogP contribution in [0.3, 0.4) is 0 Å². The van der Waals surface area contributed by atoms with Crippen LogP contribution in [0.5, 0.6) is 0 Å². The van der Waals surface area contributed by atoms with E-state index in [2.05, 4.69) is 0 Å². The van der Waals surface area contributed by atoms with Gasteiger partial charge >= 0.3 is 33.4 Å². The summed E-state index contributed by atoms with van der Waals surface area (Å²) in [4.78, 5) is 15.1. The third-order valence-corrected chi connectivity index (χ3v) is 0.412. The topological polar surface area (TPSA) is 74.6 Å². The Kier molecular flexibility index (Phi) is 4.43. The fourth-order valence-corrected chi connectivity index (χ4v) is 0. The van der Waals surface area contributed by atoms with Crippen LogP contribution >= 0.6 is 7.47 Å². The van der Waals surface area contributed by atoms with Crippen molar-refractivity contribution in [1.29, 1.82) is 0 Å². The second kappa shape index (κ2) is 3.07. The van der Waals surface area contributed by atoms with E-state index >= 15 is 0 Å². The minimum absolute atomic E-state index is 0. The maximum absolute atomic E-state index is 9.33. The van der Waals surface area contributed by atoms with Crippen LogP contribution in [0.15, 0.2) is 0 Å². The van der Waals surface area contributed by atoms with Gasteiger partial charge in [0.1, 0.15) is 0 Å². The Morgan fingerprint density at radius 1 is 1.43 bits per heavy atom. The Bertz CT molecular complexity index is 93.9. The minimum atomic E-state index is -4.33. The molecule has 0 aromatic rings. The summed E-state index contributed by atoms with van der Waals surface area (Å²) in [6.07, 6.45) is 0. The molecule has 0 saturated heterocycles. The zero-order valence-corrected chi connectivity index (χ0v) is 3.63. The summed E-state index contributed by atoms with van der Waals surface area (Å²) in [7, 11) is -4.33. The SMILES string of the molecule is C.O=BP(=O)(O)O. The molecule has 0 heterocycles. The van der Waals surface area contributed by atoms with Crippen molar-refractivity contribution >= 4 is 14.3 Å². The Morgan fingerprint density at radius 2 is 1.57 bits per heavy atom. The predicted octanol–water partition coefficient (Wildman–Crippen LogP) is -0.235. The molecule has 0 saturated carbocycles. The zero-order chi connectivity index (χ0) is 5.21. The van der Waals surface area contributed by atoms with Crippen molar-refractivity contribution < 1.29 is 19.1 Å². The van der Waals surface area contributed by atoms with Gasteiger partial charge in [0.2, 0.25) is 0 Å².